The Morgan fingerprint density at radius 3 is 1.97 bits per heavy atom. The van der Waals surface area contributed by atoms with Crippen molar-refractivity contribution in [2.75, 3.05) is 36.0 Å². The van der Waals surface area contributed by atoms with E-state index in [1.807, 2.05) is 23.1 Å². The molecule has 3 aromatic carbocycles. The molecule has 8 heteroatoms. The van der Waals surface area contributed by atoms with E-state index in [-0.39, 0.29) is 11.5 Å². The number of piperazine rings is 1. The summed E-state index contributed by atoms with van der Waals surface area (Å²) in [4.78, 5) is 39.4. The number of nitrogens with two attached hydrogens (primary N) is 1. The quantitative estimate of drug-likeness (QED) is 0.365. The highest BCUT2D eigenvalue weighted by Crippen LogP contribution is 2.31. The van der Waals surface area contributed by atoms with Crippen LogP contribution in [0.25, 0.3) is 0 Å². The van der Waals surface area contributed by atoms with Crippen LogP contribution in [0.15, 0.2) is 72.8 Å². The van der Waals surface area contributed by atoms with E-state index in [4.69, 9.17) is 5.73 Å². The lowest BCUT2D eigenvalue weighted by atomic mass is 10.0. The first-order chi connectivity index (χ1) is 15.4. The summed E-state index contributed by atoms with van der Waals surface area (Å²) in [6.07, 6.45) is 0. The van der Waals surface area contributed by atoms with Crippen molar-refractivity contribution in [1.82, 2.24) is 0 Å². The van der Waals surface area contributed by atoms with E-state index in [9.17, 15) is 19.7 Å². The van der Waals surface area contributed by atoms with Gasteiger partial charge < -0.3 is 15.5 Å². The van der Waals surface area contributed by atoms with Crippen molar-refractivity contribution in [3.8, 4) is 0 Å². The van der Waals surface area contributed by atoms with Gasteiger partial charge >= 0.3 is 0 Å². The standard InChI is InChI=1S/C24H22N4O4/c25-24(30)18-6-9-20(10-7-18)26-12-14-27(15-13-26)21-11-8-19(16-22(21)28(31)32)23(29)17-4-2-1-3-5-17/h1-11,16H,12-15H2,(H2,25,30). The molecule has 1 saturated heterocycles. The topological polar surface area (TPSA) is 110 Å². The maximum Gasteiger partial charge on any atom is 0.293 e. The highest BCUT2D eigenvalue weighted by Gasteiger charge is 2.25. The predicted molar refractivity (Wildman–Crippen MR) is 122 cm³/mol. The predicted octanol–water partition coefficient (Wildman–Crippen LogP) is 3.25. The second-order valence-corrected chi connectivity index (χ2v) is 7.54. The number of amides is 1. The van der Waals surface area contributed by atoms with E-state index in [1.54, 1.807) is 48.5 Å². The molecular formula is C24H22N4O4. The van der Waals surface area contributed by atoms with Gasteiger partial charge in [-0.15, -0.1) is 0 Å². The van der Waals surface area contributed by atoms with Crippen LogP contribution in [-0.4, -0.2) is 42.8 Å². The van der Waals surface area contributed by atoms with Crippen LogP contribution in [0.4, 0.5) is 17.1 Å². The lowest BCUT2D eigenvalue weighted by molar-refractivity contribution is -0.384. The molecule has 1 fully saturated rings. The number of carbonyl (C=O) groups excluding carboxylic acids is 2. The van der Waals surface area contributed by atoms with E-state index in [0.717, 1.165) is 5.69 Å². The van der Waals surface area contributed by atoms with Gasteiger partial charge in [-0.2, -0.15) is 0 Å². The van der Waals surface area contributed by atoms with Gasteiger partial charge in [-0.05, 0) is 36.4 Å². The zero-order valence-corrected chi connectivity index (χ0v) is 17.3. The molecule has 32 heavy (non-hydrogen) atoms. The number of anilines is 2. The summed E-state index contributed by atoms with van der Waals surface area (Å²) >= 11 is 0. The van der Waals surface area contributed by atoms with Crippen molar-refractivity contribution in [3.63, 3.8) is 0 Å². The Morgan fingerprint density at radius 2 is 1.38 bits per heavy atom. The van der Waals surface area contributed by atoms with Crippen molar-refractivity contribution in [3.05, 3.63) is 99.6 Å². The zero-order chi connectivity index (χ0) is 22.7. The summed E-state index contributed by atoms with van der Waals surface area (Å²) in [5.74, 6) is -0.715. The van der Waals surface area contributed by atoms with Crippen molar-refractivity contribution < 1.29 is 14.5 Å². The number of hydrogen-bond donors (Lipinski definition) is 1. The molecule has 1 amide bonds. The van der Waals surface area contributed by atoms with Crippen LogP contribution in [0.3, 0.4) is 0 Å². The summed E-state index contributed by atoms with van der Waals surface area (Å²) in [7, 11) is 0. The number of benzene rings is 3. The molecular weight excluding hydrogens is 408 g/mol. The highest BCUT2D eigenvalue weighted by molar-refractivity contribution is 6.09. The molecule has 8 nitrogen and oxygen atoms in total. The van der Waals surface area contributed by atoms with E-state index in [1.165, 1.54) is 6.07 Å². The number of hydrogen-bond acceptors (Lipinski definition) is 6. The van der Waals surface area contributed by atoms with Crippen LogP contribution < -0.4 is 15.5 Å². The number of carbonyl (C=O) groups is 2. The van der Waals surface area contributed by atoms with Gasteiger partial charge in [0, 0.05) is 54.6 Å². The molecule has 0 spiro atoms. The molecule has 0 unspecified atom stereocenters. The number of nitro benzene ring substituents is 1. The summed E-state index contributed by atoms with van der Waals surface area (Å²) in [6.45, 7) is 2.50. The van der Waals surface area contributed by atoms with E-state index >= 15 is 0 Å². The van der Waals surface area contributed by atoms with Gasteiger partial charge in [0.05, 0.1) is 4.92 Å². The molecule has 0 radical (unpaired) electrons. The largest absolute Gasteiger partial charge is 0.368 e. The molecule has 1 heterocycles. The van der Waals surface area contributed by atoms with Crippen molar-refractivity contribution >= 4 is 28.8 Å². The lowest BCUT2D eigenvalue weighted by Gasteiger charge is -2.37. The summed E-state index contributed by atoms with van der Waals surface area (Å²) in [5, 5.41) is 11.8. The molecule has 0 saturated carbocycles. The van der Waals surface area contributed by atoms with Crippen LogP contribution in [-0.2, 0) is 0 Å². The van der Waals surface area contributed by atoms with Crippen LogP contribution in [0.5, 0.6) is 0 Å². The lowest BCUT2D eigenvalue weighted by Crippen LogP contribution is -2.46. The van der Waals surface area contributed by atoms with Crippen LogP contribution in [0, 0.1) is 10.1 Å². The van der Waals surface area contributed by atoms with Gasteiger partial charge in [0.25, 0.3) is 5.69 Å². The summed E-state index contributed by atoms with van der Waals surface area (Å²) in [5.41, 5.74) is 7.92. The molecule has 3 aromatic rings. The van der Waals surface area contributed by atoms with Crippen LogP contribution in [0.2, 0.25) is 0 Å². The number of ketones is 1. The van der Waals surface area contributed by atoms with Crippen LogP contribution >= 0.6 is 0 Å². The minimum absolute atomic E-state index is 0.0777. The maximum atomic E-state index is 12.7. The Hall–Kier alpha value is -4.20. The average Bonchev–Trinajstić information content (AvgIpc) is 2.84. The minimum Gasteiger partial charge on any atom is -0.368 e. The fourth-order valence-electron chi connectivity index (χ4n) is 3.88. The molecule has 1 aliphatic rings. The SMILES string of the molecule is NC(=O)c1ccc(N2CCN(c3ccc(C(=O)c4ccccc4)cc3[N+](=O)[O-])CC2)cc1. The van der Waals surface area contributed by atoms with Gasteiger partial charge in [-0.1, -0.05) is 30.3 Å². The smallest absolute Gasteiger partial charge is 0.293 e. The van der Waals surface area contributed by atoms with Crippen LogP contribution in [0.1, 0.15) is 26.3 Å². The van der Waals surface area contributed by atoms with E-state index in [0.29, 0.717) is 48.6 Å². The van der Waals surface area contributed by atoms with Crippen molar-refractivity contribution in [2.45, 2.75) is 0 Å². The first kappa shape index (κ1) is 21.0. The second kappa shape index (κ2) is 8.89. The molecule has 0 aliphatic carbocycles. The van der Waals surface area contributed by atoms with E-state index < -0.39 is 10.8 Å². The Kier molecular flexibility index (Phi) is 5.85. The zero-order valence-electron chi connectivity index (χ0n) is 17.3. The number of primary amides is 1. The normalized spacial score (nSPS) is 13.6. The van der Waals surface area contributed by atoms with Crippen molar-refractivity contribution in [1.29, 1.82) is 0 Å². The Balaban J connectivity index is 1.51. The fraction of sp³-hybridized carbons (Fsp3) is 0.167. The van der Waals surface area contributed by atoms with Crippen molar-refractivity contribution in [2.24, 2.45) is 5.73 Å². The molecule has 0 aromatic heterocycles. The fourth-order valence-corrected chi connectivity index (χ4v) is 3.88. The summed E-state index contributed by atoms with van der Waals surface area (Å²) < 4.78 is 0. The first-order valence-electron chi connectivity index (χ1n) is 10.2. The molecule has 2 N–H and O–H groups in total. The van der Waals surface area contributed by atoms with Gasteiger partial charge in [0.1, 0.15) is 5.69 Å². The van der Waals surface area contributed by atoms with Gasteiger partial charge in [-0.3, -0.25) is 19.7 Å². The van der Waals surface area contributed by atoms with E-state index in [2.05, 4.69) is 4.90 Å². The van der Waals surface area contributed by atoms with Gasteiger partial charge in [0.2, 0.25) is 5.91 Å². The molecule has 4 rings (SSSR count). The van der Waals surface area contributed by atoms with Gasteiger partial charge in [-0.25, -0.2) is 0 Å². The molecule has 1 aliphatic heterocycles. The molecule has 162 valence electrons. The Bertz CT molecular complexity index is 1150. The minimum atomic E-state index is -0.470. The van der Waals surface area contributed by atoms with Gasteiger partial charge in [0.15, 0.2) is 5.78 Å². The second-order valence-electron chi connectivity index (χ2n) is 7.54. The average molecular weight is 430 g/mol. The molecule has 0 bridgehead atoms. The maximum absolute atomic E-state index is 12.7. The number of nitrogens with zero attached hydrogens (tertiary/aromatic N) is 3. The molecule has 0 atom stereocenters. The Morgan fingerprint density at radius 1 is 0.781 bits per heavy atom. The third-order valence-electron chi connectivity index (χ3n) is 5.61. The number of nitro groups is 1. The monoisotopic (exact) mass is 430 g/mol. The third kappa shape index (κ3) is 4.29. The summed E-state index contributed by atoms with van der Waals surface area (Å²) in [6, 6.07) is 20.5. The highest BCUT2D eigenvalue weighted by atomic mass is 16.6. The Labute approximate surface area is 185 Å². The number of rotatable bonds is 6. The first-order valence-corrected chi connectivity index (χ1v) is 10.2. The third-order valence-corrected chi connectivity index (χ3v) is 5.61.